The highest BCUT2D eigenvalue weighted by atomic mass is 127. The molecule has 0 aromatic heterocycles. The predicted molar refractivity (Wildman–Crippen MR) is 74.2 cm³/mol. The van der Waals surface area contributed by atoms with Gasteiger partial charge in [-0.1, -0.05) is 29.5 Å². The Balaban J connectivity index is 1.86. The molecule has 0 spiro atoms. The summed E-state index contributed by atoms with van der Waals surface area (Å²) in [4.78, 5) is 0. The summed E-state index contributed by atoms with van der Waals surface area (Å²) in [5, 5.41) is 0. The molecule has 0 amide bonds. The van der Waals surface area contributed by atoms with Crippen molar-refractivity contribution in [3.63, 3.8) is 0 Å². The Labute approximate surface area is 113 Å². The molecule has 0 bridgehead atoms. The normalized spacial score (nSPS) is 34.9. The molecule has 2 nitrogen and oxygen atoms in total. The summed E-state index contributed by atoms with van der Waals surface area (Å²) in [6.07, 6.45) is 7.91. The maximum atomic E-state index is 6.43. The van der Waals surface area contributed by atoms with Gasteiger partial charge in [0.2, 0.25) is 0 Å². The smallest absolute Gasteiger partial charge is 0.0819 e. The Morgan fingerprint density at radius 2 is 1.81 bits per heavy atom. The summed E-state index contributed by atoms with van der Waals surface area (Å²) in [5.41, 5.74) is 0.129. The number of hydrogen-bond acceptors (Lipinski definition) is 2. The summed E-state index contributed by atoms with van der Waals surface area (Å²) in [7, 11) is 0. The van der Waals surface area contributed by atoms with Crippen LogP contribution in [0.4, 0.5) is 0 Å². The second kappa shape index (κ2) is 6.01. The van der Waals surface area contributed by atoms with E-state index < -0.39 is 0 Å². The Hall–Kier alpha value is 0.650. The van der Waals surface area contributed by atoms with Crippen LogP contribution in [0.2, 0.25) is 0 Å². The second-order valence-corrected chi connectivity index (χ2v) is 6.19. The van der Waals surface area contributed by atoms with Crippen molar-refractivity contribution in [2.75, 3.05) is 17.6 Å². The van der Waals surface area contributed by atoms with Crippen molar-refractivity contribution < 1.29 is 9.47 Å². The molecule has 3 heteroatoms. The summed E-state index contributed by atoms with van der Waals surface area (Å²) in [6, 6.07) is 0. The standard InChI is InChI=1S/C13H23IO2/c1-11-2-4-12(5-3-11)16-13(10-14)6-8-15-9-7-13/h11-12H,2-10H2,1H3. The summed E-state index contributed by atoms with van der Waals surface area (Å²) in [5.74, 6) is 0.907. The fourth-order valence-corrected chi connectivity index (χ4v) is 3.67. The van der Waals surface area contributed by atoms with Crippen LogP contribution in [0.5, 0.6) is 0 Å². The van der Waals surface area contributed by atoms with Gasteiger partial charge in [0, 0.05) is 30.5 Å². The Bertz CT molecular complexity index is 206. The van der Waals surface area contributed by atoms with E-state index >= 15 is 0 Å². The van der Waals surface area contributed by atoms with E-state index in [1.165, 1.54) is 25.7 Å². The molecule has 0 unspecified atom stereocenters. The van der Waals surface area contributed by atoms with Crippen LogP contribution in [0.25, 0.3) is 0 Å². The van der Waals surface area contributed by atoms with Gasteiger partial charge in [-0.25, -0.2) is 0 Å². The molecule has 1 saturated heterocycles. The minimum absolute atomic E-state index is 0.129. The molecular weight excluding hydrogens is 315 g/mol. The average Bonchev–Trinajstić information content (AvgIpc) is 2.33. The Kier molecular flexibility index (Phi) is 4.91. The number of rotatable bonds is 3. The second-order valence-electron chi connectivity index (χ2n) is 5.43. The zero-order valence-corrected chi connectivity index (χ0v) is 12.4. The SMILES string of the molecule is CC1CCC(OC2(CI)CCOCC2)CC1. The number of alkyl halides is 1. The largest absolute Gasteiger partial charge is 0.381 e. The fraction of sp³-hybridized carbons (Fsp3) is 1.00. The fourth-order valence-electron chi connectivity index (χ4n) is 2.73. The number of hydrogen-bond donors (Lipinski definition) is 0. The molecule has 16 heavy (non-hydrogen) atoms. The maximum Gasteiger partial charge on any atom is 0.0819 e. The molecule has 0 atom stereocenters. The molecule has 0 aromatic rings. The molecule has 0 aromatic carbocycles. The third kappa shape index (κ3) is 3.33. The molecule has 2 aliphatic rings. The van der Waals surface area contributed by atoms with Gasteiger partial charge in [0.1, 0.15) is 0 Å². The zero-order chi connectivity index (χ0) is 11.4. The summed E-state index contributed by atoms with van der Waals surface area (Å²) < 4.78 is 13.0. The highest BCUT2D eigenvalue weighted by molar-refractivity contribution is 14.1. The van der Waals surface area contributed by atoms with E-state index in [9.17, 15) is 0 Å². The van der Waals surface area contributed by atoms with Crippen molar-refractivity contribution in [3.05, 3.63) is 0 Å². The Morgan fingerprint density at radius 1 is 1.19 bits per heavy atom. The third-order valence-corrected chi connectivity index (χ3v) is 5.42. The summed E-state index contributed by atoms with van der Waals surface area (Å²) >= 11 is 2.48. The van der Waals surface area contributed by atoms with Crippen molar-refractivity contribution in [3.8, 4) is 0 Å². The van der Waals surface area contributed by atoms with Crippen molar-refractivity contribution in [2.45, 2.75) is 57.2 Å². The predicted octanol–water partition coefficient (Wildman–Crippen LogP) is 3.57. The first kappa shape index (κ1) is 13.1. The molecule has 1 heterocycles. The van der Waals surface area contributed by atoms with Crippen molar-refractivity contribution in [2.24, 2.45) is 5.92 Å². The van der Waals surface area contributed by atoms with Crippen molar-refractivity contribution in [1.82, 2.24) is 0 Å². The van der Waals surface area contributed by atoms with E-state index in [4.69, 9.17) is 9.47 Å². The third-order valence-electron chi connectivity index (χ3n) is 4.03. The van der Waals surface area contributed by atoms with Gasteiger partial charge in [0.25, 0.3) is 0 Å². The minimum atomic E-state index is 0.129. The molecule has 1 saturated carbocycles. The molecule has 2 fully saturated rings. The highest BCUT2D eigenvalue weighted by Crippen LogP contribution is 2.34. The van der Waals surface area contributed by atoms with Crippen LogP contribution in [-0.4, -0.2) is 29.3 Å². The molecule has 2 rings (SSSR count). The van der Waals surface area contributed by atoms with Gasteiger partial charge < -0.3 is 9.47 Å². The van der Waals surface area contributed by atoms with Gasteiger partial charge in [-0.15, -0.1) is 0 Å². The van der Waals surface area contributed by atoms with Crippen LogP contribution >= 0.6 is 22.6 Å². The number of halogens is 1. The van der Waals surface area contributed by atoms with Crippen LogP contribution in [0.15, 0.2) is 0 Å². The number of ether oxygens (including phenoxy) is 2. The van der Waals surface area contributed by atoms with Crippen LogP contribution < -0.4 is 0 Å². The lowest BCUT2D eigenvalue weighted by Gasteiger charge is -2.40. The molecule has 94 valence electrons. The average molecular weight is 338 g/mol. The first-order valence-corrected chi connectivity index (χ1v) is 8.08. The lowest BCUT2D eigenvalue weighted by Crippen LogP contribution is -2.44. The van der Waals surface area contributed by atoms with Crippen molar-refractivity contribution in [1.29, 1.82) is 0 Å². The van der Waals surface area contributed by atoms with Crippen LogP contribution in [0.3, 0.4) is 0 Å². The lowest BCUT2D eigenvalue weighted by molar-refractivity contribution is -0.138. The quantitative estimate of drug-likeness (QED) is 0.579. The van der Waals surface area contributed by atoms with E-state index in [2.05, 4.69) is 29.5 Å². The molecule has 1 aliphatic heterocycles. The Morgan fingerprint density at radius 3 is 2.38 bits per heavy atom. The molecule has 0 radical (unpaired) electrons. The zero-order valence-electron chi connectivity index (χ0n) is 10.2. The van der Waals surface area contributed by atoms with Gasteiger partial charge in [-0.3, -0.25) is 0 Å². The van der Waals surface area contributed by atoms with Crippen LogP contribution in [0, 0.1) is 5.92 Å². The molecular formula is C13H23IO2. The van der Waals surface area contributed by atoms with Gasteiger partial charge in [-0.2, -0.15) is 0 Å². The first-order chi connectivity index (χ1) is 7.74. The topological polar surface area (TPSA) is 18.5 Å². The van der Waals surface area contributed by atoms with Crippen LogP contribution in [0.1, 0.15) is 45.4 Å². The van der Waals surface area contributed by atoms with E-state index in [0.29, 0.717) is 6.10 Å². The van der Waals surface area contributed by atoms with Crippen molar-refractivity contribution >= 4 is 22.6 Å². The van der Waals surface area contributed by atoms with Crippen LogP contribution in [-0.2, 0) is 9.47 Å². The van der Waals surface area contributed by atoms with E-state index in [1.54, 1.807) is 0 Å². The molecule has 0 N–H and O–H groups in total. The van der Waals surface area contributed by atoms with E-state index in [-0.39, 0.29) is 5.60 Å². The van der Waals surface area contributed by atoms with E-state index in [1.807, 2.05) is 0 Å². The van der Waals surface area contributed by atoms with E-state index in [0.717, 1.165) is 36.4 Å². The highest BCUT2D eigenvalue weighted by Gasteiger charge is 2.35. The van der Waals surface area contributed by atoms with Gasteiger partial charge in [-0.05, 0) is 31.6 Å². The molecule has 1 aliphatic carbocycles. The van der Waals surface area contributed by atoms with Gasteiger partial charge in [0.15, 0.2) is 0 Å². The monoisotopic (exact) mass is 338 g/mol. The van der Waals surface area contributed by atoms with Gasteiger partial charge >= 0.3 is 0 Å². The maximum absolute atomic E-state index is 6.43. The minimum Gasteiger partial charge on any atom is -0.381 e. The lowest BCUT2D eigenvalue weighted by atomic mass is 9.87. The van der Waals surface area contributed by atoms with Gasteiger partial charge in [0.05, 0.1) is 11.7 Å². The summed E-state index contributed by atoms with van der Waals surface area (Å²) in [6.45, 7) is 4.12. The first-order valence-electron chi connectivity index (χ1n) is 6.56.